The van der Waals surface area contributed by atoms with Crippen molar-refractivity contribution in [2.45, 2.75) is 20.8 Å². The highest BCUT2D eigenvalue weighted by Gasteiger charge is 2.23. The highest BCUT2D eigenvalue weighted by Crippen LogP contribution is 2.25. The summed E-state index contributed by atoms with van der Waals surface area (Å²) in [4.78, 5) is 27.4. The van der Waals surface area contributed by atoms with Gasteiger partial charge in [-0.3, -0.25) is 4.79 Å². The molecular weight excluding hydrogens is 296 g/mol. The Morgan fingerprint density at radius 2 is 1.91 bits per heavy atom. The van der Waals surface area contributed by atoms with Crippen LogP contribution in [0.4, 0.5) is 5.69 Å². The van der Waals surface area contributed by atoms with E-state index in [2.05, 4.69) is 10.3 Å². The van der Waals surface area contributed by atoms with Crippen LogP contribution in [0.5, 0.6) is 5.75 Å². The molecule has 2 N–H and O–H groups in total. The Balaban J connectivity index is 2.31. The first-order chi connectivity index (χ1) is 11.0. The Morgan fingerprint density at radius 1 is 1.22 bits per heavy atom. The van der Waals surface area contributed by atoms with E-state index in [1.807, 2.05) is 6.07 Å². The smallest absolute Gasteiger partial charge is 0.355 e. The van der Waals surface area contributed by atoms with Crippen molar-refractivity contribution < 1.29 is 19.1 Å². The van der Waals surface area contributed by atoms with Crippen LogP contribution in [0.15, 0.2) is 24.3 Å². The average molecular weight is 316 g/mol. The van der Waals surface area contributed by atoms with E-state index in [1.165, 1.54) is 7.11 Å². The number of methoxy groups -OCH3 is 1. The standard InChI is InChI=1S/C17H20N2O4/c1-5-23-17(21)15-10(2)14(11(3)18-15)16(20)19-12-8-6-7-9-13(12)22-4/h6-9,18H,5H2,1-4H3,(H,19,20). The molecule has 1 heterocycles. The minimum atomic E-state index is -0.468. The molecule has 1 aromatic heterocycles. The van der Waals surface area contributed by atoms with Crippen molar-refractivity contribution >= 4 is 17.6 Å². The Morgan fingerprint density at radius 3 is 2.57 bits per heavy atom. The predicted octanol–water partition coefficient (Wildman–Crippen LogP) is 3.07. The van der Waals surface area contributed by atoms with Gasteiger partial charge in [-0.15, -0.1) is 0 Å². The summed E-state index contributed by atoms with van der Waals surface area (Å²) in [5, 5.41) is 2.81. The number of hydrogen-bond acceptors (Lipinski definition) is 4. The number of esters is 1. The predicted molar refractivity (Wildman–Crippen MR) is 87.2 cm³/mol. The molecule has 0 radical (unpaired) electrons. The fraction of sp³-hybridized carbons (Fsp3) is 0.294. The zero-order valence-electron chi connectivity index (χ0n) is 13.6. The van der Waals surface area contributed by atoms with Gasteiger partial charge in [0.2, 0.25) is 0 Å². The summed E-state index contributed by atoms with van der Waals surface area (Å²) < 4.78 is 10.2. The average Bonchev–Trinajstić information content (AvgIpc) is 2.83. The maximum Gasteiger partial charge on any atom is 0.355 e. The lowest BCUT2D eigenvalue weighted by Gasteiger charge is -2.10. The number of amides is 1. The number of nitrogens with one attached hydrogen (secondary N) is 2. The first kappa shape index (κ1) is 16.6. The van der Waals surface area contributed by atoms with Gasteiger partial charge in [0.15, 0.2) is 0 Å². The lowest BCUT2D eigenvalue weighted by atomic mass is 10.1. The zero-order chi connectivity index (χ0) is 17.0. The number of aromatic nitrogens is 1. The number of carbonyl (C=O) groups excluding carboxylic acids is 2. The van der Waals surface area contributed by atoms with Gasteiger partial charge in [-0.1, -0.05) is 12.1 Å². The largest absolute Gasteiger partial charge is 0.495 e. The third-order valence-corrected chi connectivity index (χ3v) is 3.50. The minimum absolute atomic E-state index is 0.277. The first-order valence-electron chi connectivity index (χ1n) is 7.30. The van der Waals surface area contributed by atoms with Crippen LogP contribution in [0.1, 0.15) is 39.0 Å². The Hall–Kier alpha value is -2.76. The van der Waals surface area contributed by atoms with E-state index in [-0.39, 0.29) is 12.5 Å². The summed E-state index contributed by atoms with van der Waals surface area (Å²) in [5.41, 5.74) is 2.47. The lowest BCUT2D eigenvalue weighted by molar-refractivity contribution is 0.0519. The fourth-order valence-corrected chi connectivity index (χ4v) is 2.43. The van der Waals surface area contributed by atoms with E-state index in [0.717, 1.165) is 0 Å². The molecule has 6 nitrogen and oxygen atoms in total. The number of aromatic amines is 1. The molecule has 6 heteroatoms. The van der Waals surface area contributed by atoms with E-state index >= 15 is 0 Å². The molecule has 23 heavy (non-hydrogen) atoms. The number of hydrogen-bond donors (Lipinski definition) is 2. The number of rotatable bonds is 5. The molecule has 122 valence electrons. The second-order valence-corrected chi connectivity index (χ2v) is 5.00. The number of carbonyl (C=O) groups is 2. The molecule has 0 unspecified atom stereocenters. The van der Waals surface area contributed by atoms with Crippen molar-refractivity contribution in [3.05, 3.63) is 46.8 Å². The van der Waals surface area contributed by atoms with Crippen LogP contribution in [-0.4, -0.2) is 30.6 Å². The van der Waals surface area contributed by atoms with Crippen molar-refractivity contribution in [3.8, 4) is 5.75 Å². The summed E-state index contributed by atoms with van der Waals surface area (Å²) in [6.45, 7) is 5.47. The van der Waals surface area contributed by atoms with Crippen LogP contribution in [0.25, 0.3) is 0 Å². The molecule has 0 aliphatic heterocycles. The molecule has 0 atom stereocenters. The van der Waals surface area contributed by atoms with Crippen LogP contribution < -0.4 is 10.1 Å². The van der Waals surface area contributed by atoms with Crippen molar-refractivity contribution in [3.63, 3.8) is 0 Å². The molecule has 0 spiro atoms. The van der Waals surface area contributed by atoms with Gasteiger partial charge in [0.1, 0.15) is 11.4 Å². The van der Waals surface area contributed by atoms with Gasteiger partial charge in [0, 0.05) is 5.69 Å². The van der Waals surface area contributed by atoms with Gasteiger partial charge in [-0.2, -0.15) is 0 Å². The van der Waals surface area contributed by atoms with Crippen LogP contribution in [0.2, 0.25) is 0 Å². The number of ether oxygens (including phenoxy) is 2. The minimum Gasteiger partial charge on any atom is -0.495 e. The second-order valence-electron chi connectivity index (χ2n) is 5.00. The number of benzene rings is 1. The highest BCUT2D eigenvalue weighted by molar-refractivity contribution is 6.08. The molecule has 0 aliphatic carbocycles. The third-order valence-electron chi connectivity index (χ3n) is 3.50. The molecular formula is C17H20N2O4. The van der Waals surface area contributed by atoms with E-state index < -0.39 is 5.97 Å². The number of H-pyrrole nitrogens is 1. The third kappa shape index (κ3) is 3.36. The van der Waals surface area contributed by atoms with Crippen LogP contribution in [-0.2, 0) is 4.74 Å². The lowest BCUT2D eigenvalue weighted by Crippen LogP contribution is -2.14. The van der Waals surface area contributed by atoms with Crippen LogP contribution in [0.3, 0.4) is 0 Å². The topological polar surface area (TPSA) is 80.4 Å². The normalized spacial score (nSPS) is 10.3. The summed E-state index contributed by atoms with van der Waals surface area (Å²) in [6.07, 6.45) is 0. The van der Waals surface area contributed by atoms with E-state index in [9.17, 15) is 9.59 Å². The second kappa shape index (κ2) is 7.00. The van der Waals surface area contributed by atoms with Crippen LogP contribution >= 0.6 is 0 Å². The molecule has 2 rings (SSSR count). The van der Waals surface area contributed by atoms with Gasteiger partial charge in [-0.05, 0) is 38.5 Å². The summed E-state index contributed by atoms with van der Waals surface area (Å²) in [5.74, 6) is -0.210. The zero-order valence-corrected chi connectivity index (χ0v) is 13.6. The molecule has 2 aromatic rings. The quantitative estimate of drug-likeness (QED) is 0.831. The Bertz CT molecular complexity index is 734. The summed E-state index contributed by atoms with van der Waals surface area (Å²) >= 11 is 0. The van der Waals surface area contributed by atoms with Gasteiger partial charge in [-0.25, -0.2) is 4.79 Å². The Labute approximate surface area is 134 Å². The van der Waals surface area contributed by atoms with E-state index in [4.69, 9.17) is 9.47 Å². The monoisotopic (exact) mass is 316 g/mol. The first-order valence-corrected chi connectivity index (χ1v) is 7.30. The molecule has 0 aliphatic rings. The number of anilines is 1. The van der Waals surface area contributed by atoms with Gasteiger partial charge >= 0.3 is 5.97 Å². The van der Waals surface area contributed by atoms with E-state index in [1.54, 1.807) is 39.0 Å². The number of para-hydroxylation sites is 2. The van der Waals surface area contributed by atoms with Crippen molar-refractivity contribution in [2.24, 2.45) is 0 Å². The maximum atomic E-state index is 12.6. The van der Waals surface area contributed by atoms with Crippen molar-refractivity contribution in [2.75, 3.05) is 19.0 Å². The van der Waals surface area contributed by atoms with Gasteiger partial charge < -0.3 is 19.8 Å². The molecule has 0 saturated heterocycles. The molecule has 1 amide bonds. The Kier molecular flexibility index (Phi) is 5.05. The van der Waals surface area contributed by atoms with Crippen LogP contribution in [0, 0.1) is 13.8 Å². The van der Waals surface area contributed by atoms with Crippen molar-refractivity contribution in [1.82, 2.24) is 4.98 Å². The highest BCUT2D eigenvalue weighted by atomic mass is 16.5. The SMILES string of the molecule is CCOC(=O)c1[nH]c(C)c(C(=O)Nc2ccccc2OC)c1C. The fourth-order valence-electron chi connectivity index (χ4n) is 2.43. The van der Waals surface area contributed by atoms with Crippen molar-refractivity contribution in [1.29, 1.82) is 0 Å². The summed E-state index contributed by atoms with van der Waals surface area (Å²) in [7, 11) is 1.54. The molecule has 1 aromatic carbocycles. The molecule has 0 saturated carbocycles. The molecule has 0 fully saturated rings. The van der Waals surface area contributed by atoms with Gasteiger partial charge in [0.05, 0.1) is 25.0 Å². The summed E-state index contributed by atoms with van der Waals surface area (Å²) in [6, 6.07) is 7.13. The maximum absolute atomic E-state index is 12.6. The molecule has 0 bridgehead atoms. The number of aryl methyl sites for hydroxylation is 1. The van der Waals surface area contributed by atoms with Gasteiger partial charge in [0.25, 0.3) is 5.91 Å². The van der Waals surface area contributed by atoms with E-state index in [0.29, 0.717) is 34.0 Å².